The summed E-state index contributed by atoms with van der Waals surface area (Å²) in [6, 6.07) is 6.86. The number of nitrogens with one attached hydrogen (secondary N) is 1. The standard InChI is InChI=1S/C15H23NO3/c1-4-5-6-14(15(17)18)16-12-7-9-13(10-8-12)19-11(2)3/h7-11,14,16H,4-6H2,1-3H3,(H,17,18). The topological polar surface area (TPSA) is 58.6 Å². The number of unbranched alkanes of at least 4 members (excludes halogenated alkanes) is 1. The first-order valence-electron chi connectivity index (χ1n) is 6.79. The summed E-state index contributed by atoms with van der Waals surface area (Å²) in [4.78, 5) is 11.1. The van der Waals surface area contributed by atoms with Crippen molar-refractivity contribution in [2.24, 2.45) is 0 Å². The number of benzene rings is 1. The number of carboxylic acid groups (broad SMARTS) is 1. The van der Waals surface area contributed by atoms with Crippen molar-refractivity contribution in [3.8, 4) is 5.75 Å². The second-order valence-corrected chi connectivity index (χ2v) is 4.87. The molecule has 0 aromatic heterocycles. The van der Waals surface area contributed by atoms with E-state index < -0.39 is 12.0 Å². The Morgan fingerprint density at radius 2 is 1.95 bits per heavy atom. The fourth-order valence-electron chi connectivity index (χ4n) is 1.77. The first-order valence-corrected chi connectivity index (χ1v) is 6.79. The SMILES string of the molecule is CCCCC(Nc1ccc(OC(C)C)cc1)C(=O)O. The molecule has 0 aliphatic heterocycles. The summed E-state index contributed by atoms with van der Waals surface area (Å²) in [7, 11) is 0. The quantitative estimate of drug-likeness (QED) is 0.755. The second-order valence-electron chi connectivity index (χ2n) is 4.87. The summed E-state index contributed by atoms with van der Waals surface area (Å²) in [5.74, 6) is -0.0167. The van der Waals surface area contributed by atoms with Crippen molar-refractivity contribution < 1.29 is 14.6 Å². The van der Waals surface area contributed by atoms with Gasteiger partial charge in [-0.1, -0.05) is 19.8 Å². The Morgan fingerprint density at radius 3 is 2.42 bits per heavy atom. The summed E-state index contributed by atoms with van der Waals surface area (Å²) in [6.07, 6.45) is 2.66. The van der Waals surface area contributed by atoms with Crippen molar-refractivity contribution in [2.45, 2.75) is 52.2 Å². The molecule has 0 heterocycles. The number of carbonyl (C=O) groups is 1. The summed E-state index contributed by atoms with van der Waals surface area (Å²) in [5, 5.41) is 12.2. The van der Waals surface area contributed by atoms with E-state index in [4.69, 9.17) is 9.84 Å². The molecule has 0 radical (unpaired) electrons. The van der Waals surface area contributed by atoms with Crippen molar-refractivity contribution in [1.82, 2.24) is 0 Å². The van der Waals surface area contributed by atoms with Crippen LogP contribution in [0.1, 0.15) is 40.0 Å². The van der Waals surface area contributed by atoms with Gasteiger partial charge in [-0.05, 0) is 44.5 Å². The number of anilines is 1. The lowest BCUT2D eigenvalue weighted by Crippen LogP contribution is -2.29. The molecular formula is C15H23NO3. The second kappa shape index (κ2) is 7.67. The van der Waals surface area contributed by atoms with E-state index in [1.54, 1.807) is 0 Å². The fourth-order valence-corrected chi connectivity index (χ4v) is 1.77. The summed E-state index contributed by atoms with van der Waals surface area (Å²) in [6.45, 7) is 5.99. The van der Waals surface area contributed by atoms with E-state index in [9.17, 15) is 4.79 Å². The smallest absolute Gasteiger partial charge is 0.326 e. The monoisotopic (exact) mass is 265 g/mol. The van der Waals surface area contributed by atoms with Gasteiger partial charge in [0, 0.05) is 5.69 Å². The summed E-state index contributed by atoms with van der Waals surface area (Å²) >= 11 is 0. The first-order chi connectivity index (χ1) is 9.02. The Kier molecular flexibility index (Phi) is 6.19. The van der Waals surface area contributed by atoms with Gasteiger partial charge in [0.25, 0.3) is 0 Å². The molecule has 1 rings (SSSR count). The first kappa shape index (κ1) is 15.3. The predicted octanol–water partition coefficient (Wildman–Crippen LogP) is 3.53. The van der Waals surface area contributed by atoms with Gasteiger partial charge in [0.05, 0.1) is 6.10 Å². The van der Waals surface area contributed by atoms with Crippen molar-refractivity contribution in [3.63, 3.8) is 0 Å². The summed E-state index contributed by atoms with van der Waals surface area (Å²) < 4.78 is 5.54. The van der Waals surface area contributed by atoms with Crippen LogP contribution in [0.25, 0.3) is 0 Å². The lowest BCUT2D eigenvalue weighted by atomic mass is 10.1. The molecular weight excluding hydrogens is 242 g/mol. The molecule has 106 valence electrons. The van der Waals surface area contributed by atoms with Crippen LogP contribution >= 0.6 is 0 Å². The molecule has 1 aromatic rings. The average Bonchev–Trinajstić information content (AvgIpc) is 2.35. The third kappa shape index (κ3) is 5.64. The van der Waals surface area contributed by atoms with Crippen LogP contribution in [-0.2, 0) is 4.79 Å². The van der Waals surface area contributed by atoms with E-state index in [1.807, 2.05) is 38.1 Å². The number of hydrogen-bond donors (Lipinski definition) is 2. The van der Waals surface area contributed by atoms with Crippen LogP contribution in [0, 0.1) is 0 Å². The van der Waals surface area contributed by atoms with Crippen molar-refractivity contribution in [1.29, 1.82) is 0 Å². The Balaban J connectivity index is 2.61. The highest BCUT2D eigenvalue weighted by molar-refractivity contribution is 5.77. The summed E-state index contributed by atoms with van der Waals surface area (Å²) in [5.41, 5.74) is 0.805. The van der Waals surface area contributed by atoms with Crippen LogP contribution in [0.4, 0.5) is 5.69 Å². The van der Waals surface area contributed by atoms with E-state index in [2.05, 4.69) is 12.2 Å². The van der Waals surface area contributed by atoms with Crippen LogP contribution in [0.15, 0.2) is 24.3 Å². The normalized spacial score (nSPS) is 12.2. The van der Waals surface area contributed by atoms with Crippen LogP contribution in [0.3, 0.4) is 0 Å². The Morgan fingerprint density at radius 1 is 1.32 bits per heavy atom. The van der Waals surface area contributed by atoms with E-state index in [0.29, 0.717) is 6.42 Å². The molecule has 4 nitrogen and oxygen atoms in total. The molecule has 0 amide bonds. The van der Waals surface area contributed by atoms with E-state index >= 15 is 0 Å². The zero-order valence-corrected chi connectivity index (χ0v) is 11.8. The lowest BCUT2D eigenvalue weighted by Gasteiger charge is -2.16. The van der Waals surface area contributed by atoms with Crippen molar-refractivity contribution in [2.75, 3.05) is 5.32 Å². The molecule has 4 heteroatoms. The maximum Gasteiger partial charge on any atom is 0.326 e. The Hall–Kier alpha value is -1.71. The van der Waals surface area contributed by atoms with Gasteiger partial charge >= 0.3 is 5.97 Å². The highest BCUT2D eigenvalue weighted by atomic mass is 16.5. The van der Waals surface area contributed by atoms with Gasteiger partial charge in [0.1, 0.15) is 11.8 Å². The molecule has 0 spiro atoms. The predicted molar refractivity (Wildman–Crippen MR) is 76.8 cm³/mol. The number of hydrogen-bond acceptors (Lipinski definition) is 3. The van der Waals surface area contributed by atoms with E-state index in [0.717, 1.165) is 24.3 Å². The van der Waals surface area contributed by atoms with Crippen molar-refractivity contribution >= 4 is 11.7 Å². The van der Waals surface area contributed by atoms with Gasteiger partial charge in [-0.15, -0.1) is 0 Å². The minimum Gasteiger partial charge on any atom is -0.491 e. The van der Waals surface area contributed by atoms with Crippen LogP contribution < -0.4 is 10.1 Å². The minimum absolute atomic E-state index is 0.134. The number of rotatable bonds is 8. The zero-order valence-electron chi connectivity index (χ0n) is 11.8. The van der Waals surface area contributed by atoms with Gasteiger partial charge in [-0.3, -0.25) is 0 Å². The largest absolute Gasteiger partial charge is 0.491 e. The number of carboxylic acids is 1. The Bertz CT molecular complexity index is 387. The van der Waals surface area contributed by atoms with Gasteiger partial charge in [0.15, 0.2) is 0 Å². The lowest BCUT2D eigenvalue weighted by molar-refractivity contribution is -0.138. The van der Waals surface area contributed by atoms with E-state index in [1.165, 1.54) is 0 Å². The molecule has 19 heavy (non-hydrogen) atoms. The van der Waals surface area contributed by atoms with Gasteiger partial charge in [-0.25, -0.2) is 4.79 Å². The molecule has 0 saturated carbocycles. The van der Waals surface area contributed by atoms with Crippen molar-refractivity contribution in [3.05, 3.63) is 24.3 Å². The molecule has 1 atom stereocenters. The molecule has 2 N–H and O–H groups in total. The molecule has 1 unspecified atom stereocenters. The molecule has 0 fully saturated rings. The molecule has 0 saturated heterocycles. The van der Waals surface area contributed by atoms with Crippen LogP contribution in [0.5, 0.6) is 5.75 Å². The van der Waals surface area contributed by atoms with Crippen LogP contribution in [0.2, 0.25) is 0 Å². The average molecular weight is 265 g/mol. The zero-order chi connectivity index (χ0) is 14.3. The number of aliphatic carboxylic acids is 1. The van der Waals surface area contributed by atoms with Gasteiger partial charge < -0.3 is 15.2 Å². The maximum absolute atomic E-state index is 11.1. The molecule has 1 aromatic carbocycles. The Labute approximate surface area is 114 Å². The highest BCUT2D eigenvalue weighted by Gasteiger charge is 2.16. The van der Waals surface area contributed by atoms with E-state index in [-0.39, 0.29) is 6.10 Å². The third-order valence-electron chi connectivity index (χ3n) is 2.71. The van der Waals surface area contributed by atoms with Gasteiger partial charge in [-0.2, -0.15) is 0 Å². The van der Waals surface area contributed by atoms with Gasteiger partial charge in [0.2, 0.25) is 0 Å². The maximum atomic E-state index is 11.1. The number of ether oxygens (including phenoxy) is 1. The third-order valence-corrected chi connectivity index (χ3v) is 2.71. The molecule has 0 bridgehead atoms. The molecule has 0 aliphatic carbocycles. The molecule has 0 aliphatic rings. The highest BCUT2D eigenvalue weighted by Crippen LogP contribution is 2.18. The van der Waals surface area contributed by atoms with Crippen LogP contribution in [-0.4, -0.2) is 23.2 Å². The minimum atomic E-state index is -0.809. The fraction of sp³-hybridized carbons (Fsp3) is 0.533.